The van der Waals surface area contributed by atoms with Crippen LogP contribution < -0.4 is 0 Å². The van der Waals surface area contributed by atoms with Gasteiger partial charge in [0, 0.05) is 39.0 Å². The number of likely N-dealkylation sites (tertiary alicyclic amines) is 1. The zero-order chi connectivity index (χ0) is 14.6. The average molecular weight is 322 g/mol. The second-order valence-corrected chi connectivity index (χ2v) is 9.09. The predicted molar refractivity (Wildman–Crippen MR) is 85.3 cm³/mol. The van der Waals surface area contributed by atoms with E-state index in [0.717, 1.165) is 37.6 Å². The Morgan fingerprint density at radius 1 is 1.10 bits per heavy atom. The number of hydrogen-bond acceptors (Lipinski definition) is 4. The second kappa shape index (κ2) is 7.45. The molecule has 0 spiro atoms. The molecule has 0 aromatic carbocycles. The Morgan fingerprint density at radius 3 is 2.45 bits per heavy atom. The van der Waals surface area contributed by atoms with Gasteiger partial charge >= 0.3 is 0 Å². The first-order valence-corrected chi connectivity index (χ1v) is 10.1. The molecule has 2 rings (SSSR count). The van der Waals surface area contributed by atoms with Crippen LogP contribution >= 0.6 is 11.8 Å². The normalized spacial score (nSPS) is 27.6. The zero-order valence-electron chi connectivity index (χ0n) is 12.6. The average Bonchev–Trinajstić information content (AvgIpc) is 2.65. The fourth-order valence-corrected chi connectivity index (χ4v) is 5.35. The summed E-state index contributed by atoms with van der Waals surface area (Å²) in [5.74, 6) is 1.99. The van der Waals surface area contributed by atoms with Crippen molar-refractivity contribution in [3.8, 4) is 0 Å². The molecule has 5 nitrogen and oxygen atoms in total. The summed E-state index contributed by atoms with van der Waals surface area (Å²) in [6.45, 7) is 3.79. The zero-order valence-corrected chi connectivity index (χ0v) is 14.3. The molecule has 2 saturated heterocycles. The van der Waals surface area contributed by atoms with Gasteiger partial charge in [-0.15, -0.1) is 0 Å². The van der Waals surface area contributed by atoms with Crippen molar-refractivity contribution in [2.24, 2.45) is 0 Å². The fraction of sp³-hybridized carbons (Fsp3) is 1.00. The third-order valence-electron chi connectivity index (χ3n) is 4.06. The van der Waals surface area contributed by atoms with Crippen LogP contribution in [0, 0.1) is 0 Å². The van der Waals surface area contributed by atoms with Crippen molar-refractivity contribution >= 4 is 22.0 Å². The summed E-state index contributed by atoms with van der Waals surface area (Å²) < 4.78 is 28.1. The summed E-state index contributed by atoms with van der Waals surface area (Å²) >= 11 is 1.89. The monoisotopic (exact) mass is 321 g/mol. The molecule has 0 saturated carbocycles. The minimum absolute atomic E-state index is 0.119. The summed E-state index contributed by atoms with van der Waals surface area (Å²) in [7, 11) is -0.0360. The number of nitrogens with zero attached hydrogens (tertiary/aromatic N) is 3. The van der Waals surface area contributed by atoms with E-state index in [2.05, 4.69) is 4.90 Å². The van der Waals surface area contributed by atoms with Gasteiger partial charge in [-0.3, -0.25) is 0 Å². The molecule has 0 amide bonds. The summed E-state index contributed by atoms with van der Waals surface area (Å²) in [5, 5.41) is 0. The van der Waals surface area contributed by atoms with Gasteiger partial charge in [0.1, 0.15) is 0 Å². The molecule has 2 aliphatic rings. The molecular weight excluding hydrogens is 294 g/mol. The molecular formula is C13H27N3O2S2. The highest BCUT2D eigenvalue weighted by molar-refractivity contribution is 7.99. The summed E-state index contributed by atoms with van der Waals surface area (Å²) in [6.07, 6.45) is 4.77. The van der Waals surface area contributed by atoms with Gasteiger partial charge in [-0.25, -0.2) is 0 Å². The van der Waals surface area contributed by atoms with Crippen molar-refractivity contribution < 1.29 is 8.42 Å². The van der Waals surface area contributed by atoms with Gasteiger partial charge in [-0.2, -0.15) is 28.8 Å². The maximum absolute atomic E-state index is 12.5. The third kappa shape index (κ3) is 4.10. The number of piperidine rings is 1. The third-order valence-corrected chi connectivity index (χ3v) is 7.25. The van der Waals surface area contributed by atoms with E-state index in [1.54, 1.807) is 18.4 Å². The Morgan fingerprint density at radius 2 is 1.80 bits per heavy atom. The van der Waals surface area contributed by atoms with E-state index >= 15 is 0 Å². The van der Waals surface area contributed by atoms with Crippen LogP contribution in [0.2, 0.25) is 0 Å². The van der Waals surface area contributed by atoms with Crippen LogP contribution in [0.5, 0.6) is 0 Å². The molecule has 2 aliphatic heterocycles. The Bertz CT molecular complexity index is 394. The molecule has 0 aliphatic carbocycles. The minimum atomic E-state index is -3.30. The lowest BCUT2D eigenvalue weighted by molar-refractivity contribution is 0.180. The van der Waals surface area contributed by atoms with Crippen molar-refractivity contribution in [2.75, 3.05) is 51.8 Å². The highest BCUT2D eigenvalue weighted by Crippen LogP contribution is 2.22. The lowest BCUT2D eigenvalue weighted by Gasteiger charge is -2.36. The molecule has 1 atom stereocenters. The predicted octanol–water partition coefficient (Wildman–Crippen LogP) is 1.09. The molecule has 7 heteroatoms. The van der Waals surface area contributed by atoms with E-state index in [1.807, 2.05) is 11.8 Å². The first kappa shape index (κ1) is 16.5. The van der Waals surface area contributed by atoms with Crippen LogP contribution in [0.4, 0.5) is 0 Å². The van der Waals surface area contributed by atoms with Crippen LogP contribution in [0.3, 0.4) is 0 Å². The van der Waals surface area contributed by atoms with Crippen LogP contribution in [-0.2, 0) is 10.2 Å². The van der Waals surface area contributed by atoms with Crippen molar-refractivity contribution in [3.63, 3.8) is 0 Å². The molecule has 0 N–H and O–H groups in total. The first-order chi connectivity index (χ1) is 9.51. The lowest BCUT2D eigenvalue weighted by Crippen LogP contribution is -2.52. The standard InChI is InChI=1S/C13H27N3O2S2/c1-14(2)20(17,18)16-9-6-10-19-12-13(16)11-15-7-4-3-5-8-15/h13H,3-12H2,1-2H3. The van der Waals surface area contributed by atoms with E-state index < -0.39 is 10.2 Å². The summed E-state index contributed by atoms with van der Waals surface area (Å²) in [4.78, 5) is 2.44. The van der Waals surface area contributed by atoms with E-state index in [-0.39, 0.29) is 6.04 Å². The topological polar surface area (TPSA) is 43.9 Å². The van der Waals surface area contributed by atoms with Crippen LogP contribution in [0.1, 0.15) is 25.7 Å². The Balaban J connectivity index is 2.08. The highest BCUT2D eigenvalue weighted by Gasteiger charge is 2.34. The molecule has 2 fully saturated rings. The maximum atomic E-state index is 12.5. The number of rotatable bonds is 4. The van der Waals surface area contributed by atoms with Crippen LogP contribution in [0.25, 0.3) is 0 Å². The smallest absolute Gasteiger partial charge is 0.281 e. The molecule has 0 aromatic rings. The quantitative estimate of drug-likeness (QED) is 0.777. The van der Waals surface area contributed by atoms with Crippen molar-refractivity contribution in [1.82, 2.24) is 13.5 Å². The van der Waals surface area contributed by atoms with Crippen molar-refractivity contribution in [2.45, 2.75) is 31.7 Å². The molecule has 20 heavy (non-hydrogen) atoms. The van der Waals surface area contributed by atoms with Gasteiger partial charge in [0.05, 0.1) is 0 Å². The maximum Gasteiger partial charge on any atom is 0.281 e. The van der Waals surface area contributed by atoms with Gasteiger partial charge in [0.2, 0.25) is 0 Å². The van der Waals surface area contributed by atoms with Gasteiger partial charge in [-0.05, 0) is 38.1 Å². The van der Waals surface area contributed by atoms with Gasteiger partial charge in [0.15, 0.2) is 0 Å². The summed E-state index contributed by atoms with van der Waals surface area (Å²) in [5.41, 5.74) is 0. The molecule has 0 bridgehead atoms. The Labute approximate surface area is 127 Å². The molecule has 0 aromatic heterocycles. The number of thioether (sulfide) groups is 1. The van der Waals surface area contributed by atoms with E-state index in [9.17, 15) is 8.42 Å². The Kier molecular flexibility index (Phi) is 6.16. The highest BCUT2D eigenvalue weighted by atomic mass is 32.2. The minimum Gasteiger partial charge on any atom is -0.302 e. The molecule has 2 heterocycles. The second-order valence-electron chi connectivity index (χ2n) is 5.84. The van der Waals surface area contributed by atoms with Crippen molar-refractivity contribution in [3.05, 3.63) is 0 Å². The molecule has 118 valence electrons. The van der Waals surface area contributed by atoms with Crippen molar-refractivity contribution in [1.29, 1.82) is 0 Å². The van der Waals surface area contributed by atoms with E-state index in [0.29, 0.717) is 6.54 Å². The lowest BCUT2D eigenvalue weighted by atomic mass is 10.1. The Hall–Kier alpha value is 0.180. The van der Waals surface area contributed by atoms with Gasteiger partial charge in [-0.1, -0.05) is 6.42 Å². The SMILES string of the molecule is CN(C)S(=O)(=O)N1CCCSCC1CN1CCCCC1. The first-order valence-electron chi connectivity index (χ1n) is 7.51. The molecule has 1 unspecified atom stereocenters. The fourth-order valence-electron chi connectivity index (χ4n) is 2.90. The largest absolute Gasteiger partial charge is 0.302 e. The number of hydrogen-bond donors (Lipinski definition) is 0. The van der Waals surface area contributed by atoms with Gasteiger partial charge < -0.3 is 4.90 Å². The summed E-state index contributed by atoms with van der Waals surface area (Å²) in [6, 6.07) is 0.119. The van der Waals surface area contributed by atoms with Gasteiger partial charge in [0.25, 0.3) is 10.2 Å². The van der Waals surface area contributed by atoms with E-state index in [1.165, 1.54) is 23.6 Å². The van der Waals surface area contributed by atoms with E-state index in [4.69, 9.17) is 0 Å². The van der Waals surface area contributed by atoms with Crippen LogP contribution in [-0.4, -0.2) is 79.8 Å². The van der Waals surface area contributed by atoms with Crippen LogP contribution in [0.15, 0.2) is 0 Å². The molecule has 0 radical (unpaired) electrons.